The Labute approximate surface area is 185 Å². The minimum atomic E-state index is -0.488. The molecule has 0 spiro atoms. The second-order valence-corrected chi connectivity index (χ2v) is 8.93. The molecule has 0 fully saturated rings. The van der Waals surface area contributed by atoms with Crippen molar-refractivity contribution >= 4 is 22.8 Å². The van der Waals surface area contributed by atoms with Crippen LogP contribution in [0, 0.1) is 10.8 Å². The topological polar surface area (TPSA) is 125 Å². The zero-order valence-electron chi connectivity index (χ0n) is 18.3. The number of fused-ring (bicyclic) bond motifs is 2. The van der Waals surface area contributed by atoms with E-state index in [2.05, 4.69) is 20.6 Å². The van der Waals surface area contributed by atoms with Crippen LogP contribution in [0.5, 0.6) is 11.6 Å². The quantitative estimate of drug-likeness (QED) is 0.276. The largest absolute Gasteiger partial charge is 0.512 e. The molecule has 3 heterocycles. The average molecular weight is 435 g/mol. The number of ether oxygens (including phenoxy) is 1. The molecule has 32 heavy (non-hydrogen) atoms. The van der Waals surface area contributed by atoms with Gasteiger partial charge in [0.15, 0.2) is 0 Å². The minimum Gasteiger partial charge on any atom is -0.512 e. The first-order chi connectivity index (χ1) is 15.2. The molecule has 0 saturated carbocycles. The number of aromatic nitrogens is 3. The van der Waals surface area contributed by atoms with Gasteiger partial charge in [-0.2, -0.15) is 0 Å². The second-order valence-electron chi connectivity index (χ2n) is 8.93. The monoisotopic (exact) mass is 434 g/mol. The number of aliphatic hydroxyl groups excluding tert-OH is 1. The van der Waals surface area contributed by atoms with E-state index in [9.17, 15) is 9.90 Å². The van der Waals surface area contributed by atoms with Crippen LogP contribution in [-0.4, -0.2) is 31.5 Å². The standard InChI is InChI=1S/C23H26N6O3/c1-23(2,3)10-15(30)9-20(24)28-22(31)29-7-6-14-8-16(4-5-19(14)29)32-21-17-11-25-12-18(17)26-13-27-21/h4-9,13,25,30H,10-12H2,1-3H3,(H2,24,28,31)/b15-9-. The lowest BCUT2D eigenvalue weighted by atomic mass is 9.91. The predicted molar refractivity (Wildman–Crippen MR) is 121 cm³/mol. The van der Waals surface area contributed by atoms with Crippen molar-refractivity contribution in [2.24, 2.45) is 5.41 Å². The predicted octanol–water partition coefficient (Wildman–Crippen LogP) is 4.24. The minimum absolute atomic E-state index is 0.0494. The van der Waals surface area contributed by atoms with Gasteiger partial charge in [-0.15, -0.1) is 0 Å². The number of nitrogens with zero attached hydrogens (tertiary/aromatic N) is 3. The molecule has 2 aromatic heterocycles. The van der Waals surface area contributed by atoms with E-state index in [-0.39, 0.29) is 17.0 Å². The van der Waals surface area contributed by atoms with E-state index in [0.29, 0.717) is 36.7 Å². The van der Waals surface area contributed by atoms with Crippen molar-refractivity contribution in [2.75, 3.05) is 0 Å². The number of hydrogen-bond donors (Lipinski definition) is 4. The summed E-state index contributed by atoms with van der Waals surface area (Å²) >= 11 is 0. The summed E-state index contributed by atoms with van der Waals surface area (Å²) in [5, 5.41) is 24.5. The lowest BCUT2D eigenvalue weighted by Crippen LogP contribution is -2.32. The van der Waals surface area contributed by atoms with E-state index in [4.69, 9.17) is 10.1 Å². The lowest BCUT2D eigenvalue weighted by molar-refractivity contribution is 0.247. The van der Waals surface area contributed by atoms with E-state index < -0.39 is 6.03 Å². The van der Waals surface area contributed by atoms with Crippen LogP contribution < -0.4 is 15.4 Å². The Morgan fingerprint density at radius 2 is 2.12 bits per heavy atom. The Kier molecular flexibility index (Phi) is 5.67. The van der Waals surface area contributed by atoms with Gasteiger partial charge in [-0.05, 0) is 29.7 Å². The first-order valence-corrected chi connectivity index (χ1v) is 10.3. The molecule has 166 valence electrons. The zero-order valence-corrected chi connectivity index (χ0v) is 18.3. The van der Waals surface area contributed by atoms with Gasteiger partial charge in [0.05, 0.1) is 22.5 Å². The van der Waals surface area contributed by atoms with Crippen molar-refractivity contribution in [1.82, 2.24) is 25.2 Å². The number of aliphatic hydroxyl groups is 1. The molecule has 1 aromatic carbocycles. The number of amides is 1. The van der Waals surface area contributed by atoms with Crippen LogP contribution in [-0.2, 0) is 13.1 Å². The molecule has 0 saturated heterocycles. The number of rotatable bonds is 4. The number of carbonyl (C=O) groups is 1. The summed E-state index contributed by atoms with van der Waals surface area (Å²) in [6.45, 7) is 7.31. The van der Waals surface area contributed by atoms with Crippen molar-refractivity contribution in [3.05, 3.63) is 59.9 Å². The maximum atomic E-state index is 12.6. The molecule has 4 rings (SSSR count). The smallest absolute Gasteiger partial charge is 0.331 e. The number of allylic oxidation sites excluding steroid dienone is 1. The molecule has 9 nitrogen and oxygen atoms in total. The Bertz CT molecular complexity index is 1220. The SMILES string of the molecule is CC(C)(C)C/C(O)=C/C(=N)NC(=O)n1ccc2cc(Oc3ncnc4c3CNC4)ccc21. The van der Waals surface area contributed by atoms with Crippen LogP contribution in [0.4, 0.5) is 4.79 Å². The summed E-state index contributed by atoms with van der Waals surface area (Å²) in [7, 11) is 0. The Hall–Kier alpha value is -3.72. The molecular formula is C23H26N6O3. The number of hydrogen-bond acceptors (Lipinski definition) is 7. The van der Waals surface area contributed by atoms with E-state index in [0.717, 1.165) is 16.6 Å². The molecule has 1 aliphatic heterocycles. The third kappa shape index (κ3) is 4.78. The fraction of sp³-hybridized carbons (Fsp3) is 0.304. The summed E-state index contributed by atoms with van der Waals surface area (Å²) in [4.78, 5) is 21.1. The van der Waals surface area contributed by atoms with Gasteiger partial charge in [-0.25, -0.2) is 14.8 Å². The van der Waals surface area contributed by atoms with Gasteiger partial charge >= 0.3 is 6.03 Å². The number of amidine groups is 1. The van der Waals surface area contributed by atoms with Crippen molar-refractivity contribution in [1.29, 1.82) is 5.41 Å². The molecule has 3 aromatic rings. The molecule has 0 atom stereocenters. The summed E-state index contributed by atoms with van der Waals surface area (Å²) in [5.74, 6) is 0.996. The summed E-state index contributed by atoms with van der Waals surface area (Å²) in [6.07, 6.45) is 4.78. The Morgan fingerprint density at radius 3 is 2.91 bits per heavy atom. The molecular weight excluding hydrogens is 408 g/mol. The summed E-state index contributed by atoms with van der Waals surface area (Å²) in [5.41, 5.74) is 2.43. The average Bonchev–Trinajstić information content (AvgIpc) is 3.33. The highest BCUT2D eigenvalue weighted by Crippen LogP contribution is 2.29. The molecule has 9 heteroatoms. The van der Waals surface area contributed by atoms with Crippen LogP contribution in [0.1, 0.15) is 38.4 Å². The normalized spacial score (nSPS) is 13.8. The van der Waals surface area contributed by atoms with Crippen LogP contribution in [0.3, 0.4) is 0 Å². The second kappa shape index (κ2) is 8.43. The Balaban J connectivity index is 1.48. The molecule has 1 aliphatic rings. The maximum Gasteiger partial charge on any atom is 0.331 e. The van der Waals surface area contributed by atoms with E-state index in [1.54, 1.807) is 24.4 Å². The maximum absolute atomic E-state index is 12.6. The molecule has 0 aliphatic carbocycles. The van der Waals surface area contributed by atoms with Gasteiger partial charge in [0.2, 0.25) is 5.88 Å². The van der Waals surface area contributed by atoms with E-state index in [1.807, 2.05) is 26.8 Å². The molecule has 0 bridgehead atoms. The van der Waals surface area contributed by atoms with Crippen molar-refractivity contribution in [2.45, 2.75) is 40.3 Å². The fourth-order valence-corrected chi connectivity index (χ4v) is 3.60. The van der Waals surface area contributed by atoms with E-state index in [1.165, 1.54) is 17.0 Å². The van der Waals surface area contributed by atoms with Gasteiger partial charge in [0.25, 0.3) is 0 Å². The molecule has 1 amide bonds. The van der Waals surface area contributed by atoms with Gasteiger partial charge in [-0.3, -0.25) is 15.3 Å². The third-order valence-corrected chi connectivity index (χ3v) is 4.95. The van der Waals surface area contributed by atoms with Crippen LogP contribution >= 0.6 is 0 Å². The molecule has 0 radical (unpaired) electrons. The van der Waals surface area contributed by atoms with Gasteiger partial charge < -0.3 is 15.2 Å². The number of carbonyl (C=O) groups excluding carboxylic acids is 1. The first-order valence-electron chi connectivity index (χ1n) is 10.3. The number of benzene rings is 1. The van der Waals surface area contributed by atoms with Crippen LogP contribution in [0.2, 0.25) is 0 Å². The van der Waals surface area contributed by atoms with Gasteiger partial charge in [-0.1, -0.05) is 20.8 Å². The van der Waals surface area contributed by atoms with Crippen molar-refractivity contribution < 1.29 is 14.6 Å². The summed E-state index contributed by atoms with van der Waals surface area (Å²) in [6, 6.07) is 6.68. The zero-order chi connectivity index (χ0) is 22.9. The van der Waals surface area contributed by atoms with Crippen molar-refractivity contribution in [3.8, 4) is 11.6 Å². The highest BCUT2D eigenvalue weighted by Gasteiger charge is 2.19. The van der Waals surface area contributed by atoms with Crippen LogP contribution in [0.15, 0.2) is 48.6 Å². The van der Waals surface area contributed by atoms with Crippen LogP contribution in [0.25, 0.3) is 10.9 Å². The Morgan fingerprint density at radius 1 is 1.31 bits per heavy atom. The highest BCUT2D eigenvalue weighted by molar-refractivity contribution is 6.05. The van der Waals surface area contributed by atoms with Crippen molar-refractivity contribution in [3.63, 3.8) is 0 Å². The highest BCUT2D eigenvalue weighted by atomic mass is 16.5. The van der Waals surface area contributed by atoms with Gasteiger partial charge in [0, 0.05) is 37.2 Å². The third-order valence-electron chi connectivity index (χ3n) is 4.95. The lowest BCUT2D eigenvalue weighted by Gasteiger charge is -2.17. The fourth-order valence-electron chi connectivity index (χ4n) is 3.60. The summed E-state index contributed by atoms with van der Waals surface area (Å²) < 4.78 is 7.39. The van der Waals surface area contributed by atoms with E-state index >= 15 is 0 Å². The molecule has 4 N–H and O–H groups in total. The first kappa shape index (κ1) is 21.5. The molecule has 0 unspecified atom stereocenters. The number of nitrogens with one attached hydrogen (secondary N) is 3. The van der Waals surface area contributed by atoms with Gasteiger partial charge in [0.1, 0.15) is 17.9 Å².